The van der Waals surface area contributed by atoms with E-state index in [1.807, 2.05) is 30.3 Å². The Balaban J connectivity index is 1.87. The van der Waals surface area contributed by atoms with Crippen LogP contribution in [0.3, 0.4) is 0 Å². The molecule has 1 amide bonds. The number of nitrogens with two attached hydrogens (primary N) is 1. The summed E-state index contributed by atoms with van der Waals surface area (Å²) in [6.07, 6.45) is -0.145. The summed E-state index contributed by atoms with van der Waals surface area (Å²) in [6, 6.07) is 12.2. The second-order valence-corrected chi connectivity index (χ2v) is 4.73. The highest BCUT2D eigenvalue weighted by Crippen LogP contribution is 2.11. The van der Waals surface area contributed by atoms with Crippen molar-refractivity contribution in [2.45, 2.75) is 12.5 Å². The molecule has 3 N–H and O–H groups in total. The summed E-state index contributed by atoms with van der Waals surface area (Å²) in [5, 5.41) is 2.65. The van der Waals surface area contributed by atoms with Crippen LogP contribution in [0.25, 0.3) is 0 Å². The van der Waals surface area contributed by atoms with Gasteiger partial charge in [0.15, 0.2) is 0 Å². The Morgan fingerprint density at radius 2 is 1.86 bits per heavy atom. The molecule has 2 aromatic carbocycles. The highest BCUT2D eigenvalue weighted by molar-refractivity contribution is 5.78. The van der Waals surface area contributed by atoms with Crippen molar-refractivity contribution in [2.75, 3.05) is 6.54 Å². The van der Waals surface area contributed by atoms with Gasteiger partial charge in [-0.15, -0.1) is 0 Å². The summed E-state index contributed by atoms with van der Waals surface area (Å²) in [4.78, 5) is 11.8. The Morgan fingerprint density at radius 3 is 2.52 bits per heavy atom. The van der Waals surface area contributed by atoms with Gasteiger partial charge in [0.25, 0.3) is 0 Å². The van der Waals surface area contributed by atoms with Gasteiger partial charge in [-0.2, -0.15) is 0 Å². The van der Waals surface area contributed by atoms with Crippen molar-refractivity contribution in [3.63, 3.8) is 0 Å². The van der Waals surface area contributed by atoms with E-state index in [0.717, 1.165) is 17.7 Å². The molecule has 0 aliphatic rings. The smallest absolute Gasteiger partial charge is 0.224 e. The molecule has 0 radical (unpaired) electrons. The van der Waals surface area contributed by atoms with Crippen molar-refractivity contribution in [3.8, 4) is 0 Å². The van der Waals surface area contributed by atoms with E-state index in [1.54, 1.807) is 0 Å². The Bertz CT molecular complexity index is 617. The zero-order valence-corrected chi connectivity index (χ0v) is 11.4. The summed E-state index contributed by atoms with van der Waals surface area (Å²) in [6.45, 7) is 0.256. The van der Waals surface area contributed by atoms with E-state index in [2.05, 4.69) is 5.32 Å². The quantitative estimate of drug-likeness (QED) is 0.888. The molecular weight excluding hydrogens is 274 g/mol. The van der Waals surface area contributed by atoms with Crippen molar-refractivity contribution in [3.05, 3.63) is 71.3 Å². The van der Waals surface area contributed by atoms with Crippen LogP contribution in [0.15, 0.2) is 48.5 Å². The van der Waals surface area contributed by atoms with E-state index < -0.39 is 11.6 Å². The maximum Gasteiger partial charge on any atom is 0.224 e. The van der Waals surface area contributed by atoms with E-state index in [-0.39, 0.29) is 30.5 Å². The first-order valence-corrected chi connectivity index (χ1v) is 6.57. The van der Waals surface area contributed by atoms with Crippen LogP contribution in [0.2, 0.25) is 0 Å². The minimum absolute atomic E-state index is 0.145. The third-order valence-electron chi connectivity index (χ3n) is 3.11. The molecule has 0 bridgehead atoms. The van der Waals surface area contributed by atoms with Crippen LogP contribution in [0.5, 0.6) is 0 Å². The first-order valence-electron chi connectivity index (χ1n) is 6.57. The maximum atomic E-state index is 13.4. The van der Waals surface area contributed by atoms with Crippen LogP contribution < -0.4 is 11.1 Å². The van der Waals surface area contributed by atoms with Crippen molar-refractivity contribution in [2.24, 2.45) is 5.73 Å². The molecule has 3 nitrogen and oxygen atoms in total. The molecule has 2 rings (SSSR count). The molecule has 5 heteroatoms. The average molecular weight is 290 g/mol. The molecule has 110 valence electrons. The fraction of sp³-hybridized carbons (Fsp3) is 0.188. The van der Waals surface area contributed by atoms with Gasteiger partial charge in [-0.1, -0.05) is 36.4 Å². The number of nitrogens with one attached hydrogen (secondary N) is 1. The van der Waals surface area contributed by atoms with Crippen LogP contribution in [0.1, 0.15) is 17.2 Å². The topological polar surface area (TPSA) is 55.1 Å². The van der Waals surface area contributed by atoms with Crippen LogP contribution in [0.4, 0.5) is 8.78 Å². The van der Waals surface area contributed by atoms with Gasteiger partial charge in [-0.05, 0) is 17.2 Å². The van der Waals surface area contributed by atoms with E-state index in [9.17, 15) is 13.6 Å². The van der Waals surface area contributed by atoms with E-state index in [1.165, 1.54) is 6.07 Å². The minimum atomic E-state index is -0.725. The van der Waals surface area contributed by atoms with Crippen molar-refractivity contribution < 1.29 is 13.6 Å². The molecule has 0 aliphatic carbocycles. The number of hydrogen-bond donors (Lipinski definition) is 2. The van der Waals surface area contributed by atoms with E-state index in [0.29, 0.717) is 0 Å². The van der Waals surface area contributed by atoms with Gasteiger partial charge in [0, 0.05) is 18.7 Å². The number of halogens is 2. The van der Waals surface area contributed by atoms with Gasteiger partial charge < -0.3 is 11.1 Å². The molecular formula is C16H16F2N2O. The monoisotopic (exact) mass is 290 g/mol. The van der Waals surface area contributed by atoms with Gasteiger partial charge in [-0.25, -0.2) is 8.78 Å². The van der Waals surface area contributed by atoms with Gasteiger partial charge in [0.05, 0.1) is 6.42 Å². The number of amides is 1. The third-order valence-corrected chi connectivity index (χ3v) is 3.11. The number of benzene rings is 2. The second-order valence-electron chi connectivity index (χ2n) is 4.73. The first kappa shape index (κ1) is 15.1. The molecule has 0 aromatic heterocycles. The van der Waals surface area contributed by atoms with E-state index in [4.69, 9.17) is 5.73 Å². The largest absolute Gasteiger partial charge is 0.354 e. The minimum Gasteiger partial charge on any atom is -0.354 e. The zero-order chi connectivity index (χ0) is 15.2. The molecule has 0 heterocycles. The molecule has 0 fully saturated rings. The summed E-state index contributed by atoms with van der Waals surface area (Å²) in [5.74, 6) is -1.74. The standard InChI is InChI=1S/C16H16F2N2O/c17-13-7-6-12(14(18)9-13)8-16(21)20-10-15(19)11-4-2-1-3-5-11/h1-7,9,15H,8,10,19H2,(H,20,21). The molecule has 0 spiro atoms. The predicted molar refractivity (Wildman–Crippen MR) is 76.4 cm³/mol. The molecule has 2 aromatic rings. The van der Waals surface area contributed by atoms with Crippen LogP contribution in [-0.4, -0.2) is 12.5 Å². The van der Waals surface area contributed by atoms with Gasteiger partial charge in [0.1, 0.15) is 11.6 Å². The zero-order valence-electron chi connectivity index (χ0n) is 11.4. The Hall–Kier alpha value is -2.27. The lowest BCUT2D eigenvalue weighted by molar-refractivity contribution is -0.120. The Morgan fingerprint density at radius 1 is 1.14 bits per heavy atom. The van der Waals surface area contributed by atoms with Crippen LogP contribution in [-0.2, 0) is 11.2 Å². The van der Waals surface area contributed by atoms with Gasteiger partial charge >= 0.3 is 0 Å². The summed E-state index contributed by atoms with van der Waals surface area (Å²) in [5.41, 5.74) is 7.01. The number of hydrogen-bond acceptors (Lipinski definition) is 2. The van der Waals surface area contributed by atoms with Crippen molar-refractivity contribution in [1.82, 2.24) is 5.32 Å². The first-order chi connectivity index (χ1) is 10.1. The second kappa shape index (κ2) is 6.95. The van der Waals surface area contributed by atoms with Crippen molar-refractivity contribution >= 4 is 5.91 Å². The van der Waals surface area contributed by atoms with Crippen molar-refractivity contribution in [1.29, 1.82) is 0 Å². The normalized spacial score (nSPS) is 12.0. The summed E-state index contributed by atoms with van der Waals surface area (Å²) >= 11 is 0. The Kier molecular flexibility index (Phi) is 5.00. The van der Waals surface area contributed by atoms with Gasteiger partial charge in [-0.3, -0.25) is 4.79 Å². The lowest BCUT2D eigenvalue weighted by atomic mass is 10.1. The molecule has 0 saturated heterocycles. The number of carbonyl (C=O) groups excluding carboxylic acids is 1. The fourth-order valence-electron chi connectivity index (χ4n) is 1.94. The summed E-state index contributed by atoms with van der Waals surface area (Å²) in [7, 11) is 0. The molecule has 0 saturated carbocycles. The van der Waals surface area contributed by atoms with Gasteiger partial charge in [0.2, 0.25) is 5.91 Å². The number of rotatable bonds is 5. The average Bonchev–Trinajstić information content (AvgIpc) is 2.48. The lowest BCUT2D eigenvalue weighted by Gasteiger charge is -2.13. The molecule has 0 aliphatic heterocycles. The molecule has 21 heavy (non-hydrogen) atoms. The fourth-order valence-corrected chi connectivity index (χ4v) is 1.94. The maximum absolute atomic E-state index is 13.4. The van der Waals surface area contributed by atoms with Crippen LogP contribution in [0, 0.1) is 11.6 Å². The lowest BCUT2D eigenvalue weighted by Crippen LogP contribution is -2.33. The van der Waals surface area contributed by atoms with E-state index >= 15 is 0 Å². The number of carbonyl (C=O) groups is 1. The molecule has 1 unspecified atom stereocenters. The SMILES string of the molecule is NC(CNC(=O)Cc1ccc(F)cc1F)c1ccccc1. The highest BCUT2D eigenvalue weighted by Gasteiger charge is 2.11. The third kappa shape index (κ3) is 4.36. The predicted octanol–water partition coefficient (Wildman–Crippen LogP) is 2.32. The van der Waals surface area contributed by atoms with Crippen LogP contribution >= 0.6 is 0 Å². The molecule has 1 atom stereocenters. The highest BCUT2D eigenvalue weighted by atomic mass is 19.1. The summed E-state index contributed by atoms with van der Waals surface area (Å²) < 4.78 is 26.2. The Labute approximate surface area is 121 Å².